The van der Waals surface area contributed by atoms with Crippen molar-refractivity contribution in [1.82, 2.24) is 0 Å². The summed E-state index contributed by atoms with van der Waals surface area (Å²) in [6.07, 6.45) is 0. The molecule has 0 aliphatic heterocycles. The Bertz CT molecular complexity index is 957. The van der Waals surface area contributed by atoms with E-state index in [0.717, 1.165) is 14.9 Å². The summed E-state index contributed by atoms with van der Waals surface area (Å²) in [7, 11) is 4.54. The summed E-state index contributed by atoms with van der Waals surface area (Å²) in [4.78, 5) is 14.5. The summed E-state index contributed by atoms with van der Waals surface area (Å²) >= 11 is 4.78. The molecule has 0 atom stereocenters. The number of halogens is 1. The van der Waals surface area contributed by atoms with Crippen LogP contribution in [0.15, 0.2) is 46.9 Å². The van der Waals surface area contributed by atoms with Gasteiger partial charge in [-0.25, -0.2) is 0 Å². The van der Waals surface area contributed by atoms with Gasteiger partial charge in [0.25, 0.3) is 0 Å². The number of methoxy groups -OCH3 is 3. The zero-order chi connectivity index (χ0) is 19.6. The number of nitrogen functional groups attached to an aromatic ring is 1. The van der Waals surface area contributed by atoms with Gasteiger partial charge >= 0.3 is 0 Å². The van der Waals surface area contributed by atoms with Crippen LogP contribution in [0, 0.1) is 0 Å². The van der Waals surface area contributed by atoms with Crippen molar-refractivity contribution in [1.29, 1.82) is 0 Å². The van der Waals surface area contributed by atoms with E-state index in [4.69, 9.17) is 19.9 Å². The lowest BCUT2D eigenvalue weighted by molar-refractivity contribution is 0.104. The lowest BCUT2D eigenvalue weighted by Gasteiger charge is -2.13. The number of carbonyl (C=O) groups is 1. The smallest absolute Gasteiger partial charge is 0.205 e. The van der Waals surface area contributed by atoms with Gasteiger partial charge in [0.1, 0.15) is 0 Å². The van der Waals surface area contributed by atoms with E-state index in [0.29, 0.717) is 33.4 Å². The second kappa shape index (κ2) is 8.02. The van der Waals surface area contributed by atoms with Gasteiger partial charge in [0.15, 0.2) is 11.5 Å². The van der Waals surface area contributed by atoms with Crippen LogP contribution in [-0.2, 0) is 0 Å². The molecule has 5 nitrogen and oxygen atoms in total. The highest BCUT2D eigenvalue weighted by Crippen LogP contribution is 2.40. The molecular formula is C20H18BrNO4S. The Hall–Kier alpha value is -2.51. The molecule has 0 spiro atoms. The minimum absolute atomic E-state index is 0.194. The molecule has 3 rings (SSSR count). The van der Waals surface area contributed by atoms with Gasteiger partial charge in [-0.1, -0.05) is 28.1 Å². The molecule has 0 fully saturated rings. The first-order valence-corrected chi connectivity index (χ1v) is 9.59. The largest absolute Gasteiger partial charge is 0.493 e. The number of hydrogen-bond donors (Lipinski definition) is 1. The number of nitrogens with two attached hydrogens (primary N) is 1. The van der Waals surface area contributed by atoms with Gasteiger partial charge in [0.05, 0.1) is 31.9 Å². The average molecular weight is 448 g/mol. The second-order valence-corrected chi connectivity index (χ2v) is 7.61. The maximum Gasteiger partial charge on any atom is 0.205 e. The highest BCUT2D eigenvalue weighted by atomic mass is 79.9. The van der Waals surface area contributed by atoms with Crippen LogP contribution in [0.2, 0.25) is 0 Å². The highest BCUT2D eigenvalue weighted by molar-refractivity contribution is 9.10. The van der Waals surface area contributed by atoms with Crippen molar-refractivity contribution in [3.05, 3.63) is 57.4 Å². The Morgan fingerprint density at radius 2 is 1.56 bits per heavy atom. The molecule has 0 saturated heterocycles. The standard InChI is InChI=1S/C20H18BrNO4S/c1-24-15-8-12(9-16(25-2)19(15)26-3)18(23)20-14(22)10-17(27-20)11-4-6-13(21)7-5-11/h4-10H,22H2,1-3H3. The minimum Gasteiger partial charge on any atom is -0.493 e. The Morgan fingerprint density at radius 1 is 0.963 bits per heavy atom. The number of thiophene rings is 1. The SMILES string of the molecule is COc1cc(C(=O)c2sc(-c3ccc(Br)cc3)cc2N)cc(OC)c1OC. The highest BCUT2D eigenvalue weighted by Gasteiger charge is 2.21. The van der Waals surface area contributed by atoms with Gasteiger partial charge in [0.2, 0.25) is 11.5 Å². The molecule has 0 aliphatic rings. The molecule has 1 heterocycles. The second-order valence-electron chi connectivity index (χ2n) is 5.65. The Morgan fingerprint density at radius 3 is 2.07 bits per heavy atom. The van der Waals surface area contributed by atoms with Gasteiger partial charge in [-0.3, -0.25) is 4.79 Å². The maximum absolute atomic E-state index is 13.1. The molecule has 1 aromatic heterocycles. The van der Waals surface area contributed by atoms with Crippen LogP contribution in [0.3, 0.4) is 0 Å². The number of carbonyl (C=O) groups excluding carboxylic acids is 1. The zero-order valence-corrected chi connectivity index (χ0v) is 17.4. The van der Waals surface area contributed by atoms with Crippen LogP contribution >= 0.6 is 27.3 Å². The number of ether oxygens (including phenoxy) is 3. The quantitative estimate of drug-likeness (QED) is 0.537. The van der Waals surface area contributed by atoms with Gasteiger partial charge in [-0.05, 0) is 35.9 Å². The van der Waals surface area contributed by atoms with E-state index in [1.807, 2.05) is 30.3 Å². The summed E-state index contributed by atoms with van der Waals surface area (Å²) < 4.78 is 17.0. The molecule has 0 bridgehead atoms. The Labute approximate surface area is 169 Å². The molecule has 7 heteroatoms. The van der Waals surface area contributed by atoms with Crippen LogP contribution in [0.25, 0.3) is 10.4 Å². The van der Waals surface area contributed by atoms with Crippen molar-refractivity contribution in [2.24, 2.45) is 0 Å². The van der Waals surface area contributed by atoms with Crippen molar-refractivity contribution in [2.45, 2.75) is 0 Å². The number of anilines is 1. The van der Waals surface area contributed by atoms with E-state index >= 15 is 0 Å². The normalized spacial score (nSPS) is 10.5. The molecule has 27 heavy (non-hydrogen) atoms. The van der Waals surface area contributed by atoms with Crippen LogP contribution in [0.1, 0.15) is 15.2 Å². The molecule has 140 valence electrons. The monoisotopic (exact) mass is 447 g/mol. The van der Waals surface area contributed by atoms with Crippen LogP contribution in [-0.4, -0.2) is 27.1 Å². The van der Waals surface area contributed by atoms with Gasteiger partial charge in [-0.15, -0.1) is 11.3 Å². The van der Waals surface area contributed by atoms with E-state index in [1.54, 1.807) is 12.1 Å². The summed E-state index contributed by atoms with van der Waals surface area (Å²) in [5.41, 5.74) is 7.99. The van der Waals surface area contributed by atoms with E-state index < -0.39 is 0 Å². The van der Waals surface area contributed by atoms with Crippen molar-refractivity contribution in [2.75, 3.05) is 27.1 Å². The average Bonchev–Trinajstić information content (AvgIpc) is 3.08. The van der Waals surface area contributed by atoms with Gasteiger partial charge < -0.3 is 19.9 Å². The first-order chi connectivity index (χ1) is 13.0. The molecule has 0 unspecified atom stereocenters. The Balaban J connectivity index is 2.02. The lowest BCUT2D eigenvalue weighted by atomic mass is 10.1. The first kappa shape index (κ1) is 19.3. The minimum atomic E-state index is -0.194. The number of hydrogen-bond acceptors (Lipinski definition) is 6. The third kappa shape index (κ3) is 3.79. The molecular weight excluding hydrogens is 430 g/mol. The zero-order valence-electron chi connectivity index (χ0n) is 15.0. The van der Waals surface area contributed by atoms with Crippen molar-refractivity contribution in [3.8, 4) is 27.7 Å². The Kier molecular flexibility index (Phi) is 5.72. The molecule has 2 aromatic carbocycles. The lowest BCUT2D eigenvalue weighted by Crippen LogP contribution is -2.04. The fourth-order valence-corrected chi connectivity index (χ4v) is 3.99. The maximum atomic E-state index is 13.1. The predicted octanol–water partition coefficient (Wildman–Crippen LogP) is 5.02. The summed E-state index contributed by atoms with van der Waals surface area (Å²) in [5, 5.41) is 0. The van der Waals surface area contributed by atoms with E-state index in [2.05, 4.69) is 15.9 Å². The number of rotatable bonds is 6. The topological polar surface area (TPSA) is 70.8 Å². The third-order valence-electron chi connectivity index (χ3n) is 4.02. The molecule has 0 amide bonds. The van der Waals surface area contributed by atoms with Crippen LogP contribution in [0.5, 0.6) is 17.2 Å². The van der Waals surface area contributed by atoms with Gasteiger partial charge in [-0.2, -0.15) is 0 Å². The fraction of sp³-hybridized carbons (Fsp3) is 0.150. The predicted molar refractivity (Wildman–Crippen MR) is 111 cm³/mol. The summed E-state index contributed by atoms with van der Waals surface area (Å²) in [5.74, 6) is 1.08. The van der Waals surface area contributed by atoms with E-state index in [1.165, 1.54) is 32.7 Å². The number of ketones is 1. The van der Waals surface area contributed by atoms with Crippen LogP contribution in [0.4, 0.5) is 5.69 Å². The molecule has 0 aliphatic carbocycles. The van der Waals surface area contributed by atoms with E-state index in [9.17, 15) is 4.79 Å². The molecule has 0 radical (unpaired) electrons. The van der Waals surface area contributed by atoms with Gasteiger partial charge in [0, 0.05) is 14.9 Å². The first-order valence-electron chi connectivity index (χ1n) is 7.98. The van der Waals surface area contributed by atoms with Crippen LogP contribution < -0.4 is 19.9 Å². The number of benzene rings is 2. The molecule has 3 aromatic rings. The van der Waals surface area contributed by atoms with E-state index in [-0.39, 0.29) is 5.78 Å². The molecule has 0 saturated carbocycles. The summed E-state index contributed by atoms with van der Waals surface area (Å²) in [6.45, 7) is 0. The van der Waals surface area contributed by atoms with Crippen molar-refractivity contribution < 1.29 is 19.0 Å². The van der Waals surface area contributed by atoms with Crippen molar-refractivity contribution in [3.63, 3.8) is 0 Å². The van der Waals surface area contributed by atoms with Crippen molar-refractivity contribution >= 4 is 38.7 Å². The molecule has 2 N–H and O–H groups in total. The third-order valence-corrected chi connectivity index (χ3v) is 5.75. The summed E-state index contributed by atoms with van der Waals surface area (Å²) in [6, 6.07) is 12.9. The fourth-order valence-electron chi connectivity index (χ4n) is 2.68.